The third kappa shape index (κ3) is 10.4. The van der Waals surface area contributed by atoms with Crippen molar-refractivity contribution in [1.82, 2.24) is 0 Å². The monoisotopic (exact) mass is 231 g/mol. The molecule has 0 aromatic carbocycles. The van der Waals surface area contributed by atoms with E-state index in [0.717, 1.165) is 37.2 Å². The molecule has 3 heteroatoms. The van der Waals surface area contributed by atoms with Crippen LogP contribution in [0.1, 0.15) is 40.0 Å². The van der Waals surface area contributed by atoms with E-state index in [2.05, 4.69) is 34.9 Å². The molecule has 0 atom stereocenters. The van der Waals surface area contributed by atoms with Gasteiger partial charge in [0, 0.05) is 18.6 Å². The van der Waals surface area contributed by atoms with E-state index in [4.69, 9.17) is 10.5 Å². The van der Waals surface area contributed by atoms with Gasteiger partial charge in [0.2, 0.25) is 0 Å². The van der Waals surface area contributed by atoms with Crippen LogP contribution >= 0.6 is 0 Å². The number of likely N-dealkylation sites (N-methyl/N-ethyl adjacent to an activating group) is 1. The van der Waals surface area contributed by atoms with Gasteiger partial charge in [-0.25, -0.2) is 0 Å². The van der Waals surface area contributed by atoms with Crippen LogP contribution in [0.2, 0.25) is 0 Å². The van der Waals surface area contributed by atoms with Gasteiger partial charge < -0.3 is 15.0 Å². The van der Waals surface area contributed by atoms with Gasteiger partial charge in [-0.1, -0.05) is 13.3 Å². The molecule has 0 aliphatic rings. The predicted molar refractivity (Wildman–Crippen MR) is 70.5 cm³/mol. The van der Waals surface area contributed by atoms with E-state index in [-0.39, 0.29) is 5.54 Å². The summed E-state index contributed by atoms with van der Waals surface area (Å²) >= 11 is 0. The van der Waals surface area contributed by atoms with Gasteiger partial charge in [0.25, 0.3) is 0 Å². The second-order valence-corrected chi connectivity index (χ2v) is 6.09. The summed E-state index contributed by atoms with van der Waals surface area (Å²) < 4.78 is 6.59. The summed E-state index contributed by atoms with van der Waals surface area (Å²) in [5.74, 6) is 0. The molecular formula is C13H31N2O+. The topological polar surface area (TPSA) is 35.2 Å². The van der Waals surface area contributed by atoms with Crippen LogP contribution in [0.3, 0.4) is 0 Å². The summed E-state index contributed by atoms with van der Waals surface area (Å²) in [5.41, 5.74) is 5.94. The van der Waals surface area contributed by atoms with E-state index in [0.29, 0.717) is 0 Å². The van der Waals surface area contributed by atoms with Crippen molar-refractivity contribution in [2.75, 3.05) is 40.4 Å². The van der Waals surface area contributed by atoms with Gasteiger partial charge in [-0.3, -0.25) is 0 Å². The second-order valence-electron chi connectivity index (χ2n) is 6.09. The van der Waals surface area contributed by atoms with Crippen LogP contribution in [-0.2, 0) is 4.74 Å². The average molecular weight is 231 g/mol. The maximum Gasteiger partial charge on any atom is 0.102 e. The molecule has 0 rings (SSSR count). The minimum Gasteiger partial charge on any atom is -0.376 e. The molecule has 0 aromatic heterocycles. The third-order valence-electron chi connectivity index (χ3n) is 2.84. The van der Waals surface area contributed by atoms with Crippen molar-refractivity contribution >= 4 is 0 Å². The molecule has 0 fully saturated rings. The van der Waals surface area contributed by atoms with Gasteiger partial charge in [0.1, 0.15) is 6.54 Å². The first kappa shape index (κ1) is 15.9. The second kappa shape index (κ2) is 7.25. The highest BCUT2D eigenvalue weighted by Gasteiger charge is 2.19. The SMILES string of the molecule is CCCCOCC[N+](C)(C)CCC(C)(C)N. The lowest BCUT2D eigenvalue weighted by atomic mass is 10.0. The molecule has 16 heavy (non-hydrogen) atoms. The van der Waals surface area contributed by atoms with E-state index in [1.165, 1.54) is 12.8 Å². The first-order chi connectivity index (χ1) is 7.27. The molecule has 0 heterocycles. The van der Waals surface area contributed by atoms with E-state index < -0.39 is 0 Å². The molecule has 98 valence electrons. The van der Waals surface area contributed by atoms with Crippen LogP contribution in [0, 0.1) is 0 Å². The molecule has 0 saturated carbocycles. The van der Waals surface area contributed by atoms with Gasteiger partial charge in [0.05, 0.1) is 27.2 Å². The Labute approximate surface area is 102 Å². The van der Waals surface area contributed by atoms with Crippen LogP contribution in [0.5, 0.6) is 0 Å². The molecule has 2 N–H and O–H groups in total. The normalized spacial score (nSPS) is 13.1. The Hall–Kier alpha value is -0.120. The van der Waals surface area contributed by atoms with E-state index in [9.17, 15) is 0 Å². The van der Waals surface area contributed by atoms with E-state index in [1.54, 1.807) is 0 Å². The summed E-state index contributed by atoms with van der Waals surface area (Å²) in [5, 5.41) is 0. The Morgan fingerprint density at radius 1 is 1.12 bits per heavy atom. The maximum absolute atomic E-state index is 6.00. The minimum atomic E-state index is -0.0570. The molecule has 0 saturated heterocycles. The number of quaternary nitrogens is 1. The summed E-state index contributed by atoms with van der Waals surface area (Å²) in [7, 11) is 4.49. The number of nitrogens with zero attached hydrogens (tertiary/aromatic N) is 1. The molecule has 0 spiro atoms. The Balaban J connectivity index is 3.62. The molecule has 0 aliphatic heterocycles. The number of unbranched alkanes of at least 4 members (excludes halogenated alkanes) is 1. The van der Waals surface area contributed by atoms with Crippen LogP contribution < -0.4 is 5.73 Å². The Morgan fingerprint density at radius 3 is 2.25 bits per heavy atom. The number of ether oxygens (including phenoxy) is 1. The number of hydrogen-bond donors (Lipinski definition) is 1. The molecule has 0 unspecified atom stereocenters. The Kier molecular flexibility index (Phi) is 7.20. The van der Waals surface area contributed by atoms with Crippen LogP contribution in [0.4, 0.5) is 0 Å². The lowest BCUT2D eigenvalue weighted by molar-refractivity contribution is -0.891. The average Bonchev–Trinajstić information content (AvgIpc) is 2.14. The zero-order valence-corrected chi connectivity index (χ0v) is 11.9. The fraction of sp³-hybridized carbons (Fsp3) is 1.00. The van der Waals surface area contributed by atoms with Gasteiger partial charge in [-0.05, 0) is 20.3 Å². The Morgan fingerprint density at radius 2 is 1.75 bits per heavy atom. The van der Waals surface area contributed by atoms with Crippen molar-refractivity contribution in [3.63, 3.8) is 0 Å². The molecule has 0 radical (unpaired) electrons. The molecular weight excluding hydrogens is 200 g/mol. The molecule has 0 amide bonds. The lowest BCUT2D eigenvalue weighted by Gasteiger charge is -2.32. The molecule has 0 aromatic rings. The van der Waals surface area contributed by atoms with Crippen molar-refractivity contribution in [2.24, 2.45) is 5.73 Å². The van der Waals surface area contributed by atoms with Crippen LogP contribution in [0.25, 0.3) is 0 Å². The minimum absolute atomic E-state index is 0.0570. The van der Waals surface area contributed by atoms with E-state index >= 15 is 0 Å². The van der Waals surface area contributed by atoms with Crippen molar-refractivity contribution in [1.29, 1.82) is 0 Å². The van der Waals surface area contributed by atoms with Gasteiger partial charge in [-0.15, -0.1) is 0 Å². The lowest BCUT2D eigenvalue weighted by Crippen LogP contribution is -2.47. The zero-order valence-electron chi connectivity index (χ0n) is 11.9. The smallest absolute Gasteiger partial charge is 0.102 e. The van der Waals surface area contributed by atoms with Gasteiger partial charge in [-0.2, -0.15) is 0 Å². The Bertz CT molecular complexity index is 173. The summed E-state index contributed by atoms with van der Waals surface area (Å²) in [6.45, 7) is 10.3. The quantitative estimate of drug-likeness (QED) is 0.487. The largest absolute Gasteiger partial charge is 0.376 e. The van der Waals surface area contributed by atoms with Crippen LogP contribution in [0.15, 0.2) is 0 Å². The summed E-state index contributed by atoms with van der Waals surface area (Å²) in [4.78, 5) is 0. The predicted octanol–water partition coefficient (Wildman–Crippen LogP) is 2.01. The van der Waals surface area contributed by atoms with Crippen molar-refractivity contribution in [3.8, 4) is 0 Å². The maximum atomic E-state index is 6.00. The molecule has 3 nitrogen and oxygen atoms in total. The fourth-order valence-corrected chi connectivity index (χ4v) is 1.36. The number of nitrogens with two attached hydrogens (primary N) is 1. The molecule has 0 bridgehead atoms. The van der Waals surface area contributed by atoms with Crippen LogP contribution in [-0.4, -0.2) is 50.4 Å². The first-order valence-corrected chi connectivity index (χ1v) is 6.45. The highest BCUT2D eigenvalue weighted by atomic mass is 16.5. The third-order valence-corrected chi connectivity index (χ3v) is 2.84. The standard InChI is InChI=1S/C13H31N2O/c1-6-7-11-16-12-10-15(4,5)9-8-13(2,3)14/h6-12,14H2,1-5H3/q+1. The molecule has 0 aliphatic carbocycles. The zero-order chi connectivity index (χ0) is 12.7. The van der Waals surface area contributed by atoms with Crippen molar-refractivity contribution < 1.29 is 9.22 Å². The highest BCUT2D eigenvalue weighted by Crippen LogP contribution is 2.08. The van der Waals surface area contributed by atoms with E-state index in [1.807, 2.05) is 0 Å². The number of rotatable bonds is 9. The summed E-state index contributed by atoms with van der Waals surface area (Å²) in [6, 6.07) is 0. The fourth-order valence-electron chi connectivity index (χ4n) is 1.36. The highest BCUT2D eigenvalue weighted by molar-refractivity contribution is 4.70. The van der Waals surface area contributed by atoms with Crippen molar-refractivity contribution in [3.05, 3.63) is 0 Å². The first-order valence-electron chi connectivity index (χ1n) is 6.45. The number of hydrogen-bond acceptors (Lipinski definition) is 2. The van der Waals surface area contributed by atoms with Gasteiger partial charge in [0.15, 0.2) is 0 Å². The summed E-state index contributed by atoms with van der Waals surface area (Å²) in [6.07, 6.45) is 3.43. The van der Waals surface area contributed by atoms with Gasteiger partial charge >= 0.3 is 0 Å². The van der Waals surface area contributed by atoms with Crippen molar-refractivity contribution in [2.45, 2.75) is 45.6 Å².